The molecule has 0 bridgehead atoms. The summed E-state index contributed by atoms with van der Waals surface area (Å²) in [6.07, 6.45) is 83.0. The van der Waals surface area contributed by atoms with Gasteiger partial charge in [-0.2, -0.15) is 0 Å². The highest BCUT2D eigenvalue weighted by atomic mass is 31.2. The number of phosphoric acid groups is 1. The van der Waals surface area contributed by atoms with E-state index in [-0.39, 0.29) is 19.1 Å². The molecule has 8 nitrogen and oxygen atoms in total. The van der Waals surface area contributed by atoms with Crippen molar-refractivity contribution >= 4 is 13.7 Å². The Morgan fingerprint density at radius 2 is 0.713 bits per heavy atom. The van der Waals surface area contributed by atoms with E-state index in [1.165, 1.54) is 302 Å². The van der Waals surface area contributed by atoms with E-state index in [0.29, 0.717) is 17.4 Å². The van der Waals surface area contributed by atoms with Crippen LogP contribution in [0.25, 0.3) is 0 Å². The van der Waals surface area contributed by atoms with Gasteiger partial charge in [0, 0.05) is 6.42 Å². The smallest absolute Gasteiger partial charge is 0.387 e. The number of likely N-dealkylation sites (N-methyl/N-ethyl adjacent to an activating group) is 1. The zero-order chi connectivity index (χ0) is 58.4. The van der Waals surface area contributed by atoms with Crippen LogP contribution in [0.15, 0.2) is 36.5 Å². The molecule has 0 aromatic heterocycles. The average molecular weight is 1150 g/mol. The van der Waals surface area contributed by atoms with E-state index < -0.39 is 20.0 Å². The van der Waals surface area contributed by atoms with Crippen LogP contribution in [0.1, 0.15) is 361 Å². The lowest BCUT2D eigenvalue weighted by Gasteiger charge is -2.25. The minimum absolute atomic E-state index is 0.0641. The average Bonchev–Trinajstić information content (AvgIpc) is 3.42. The van der Waals surface area contributed by atoms with Crippen molar-refractivity contribution in [2.24, 2.45) is 0 Å². The molecule has 1 amide bonds. The van der Waals surface area contributed by atoms with Gasteiger partial charge in [0.2, 0.25) is 5.91 Å². The number of rotatable bonds is 66. The van der Waals surface area contributed by atoms with Crippen molar-refractivity contribution in [3.8, 4) is 0 Å². The van der Waals surface area contributed by atoms with E-state index in [4.69, 9.17) is 9.05 Å². The molecule has 0 spiro atoms. The summed E-state index contributed by atoms with van der Waals surface area (Å²) in [5.74, 6) is -0.169. The molecular formula is C71H140N2O6P+. The first-order valence-corrected chi connectivity index (χ1v) is 36.9. The van der Waals surface area contributed by atoms with Crippen molar-refractivity contribution in [2.45, 2.75) is 373 Å². The van der Waals surface area contributed by atoms with Crippen LogP contribution in [0.2, 0.25) is 0 Å². The monoisotopic (exact) mass is 1150 g/mol. The quantitative estimate of drug-likeness (QED) is 0.0243. The Morgan fingerprint density at radius 1 is 0.425 bits per heavy atom. The summed E-state index contributed by atoms with van der Waals surface area (Å²) in [6.45, 7) is 4.86. The van der Waals surface area contributed by atoms with E-state index in [1.54, 1.807) is 6.08 Å². The van der Waals surface area contributed by atoms with E-state index >= 15 is 0 Å². The molecule has 0 saturated heterocycles. The number of hydrogen-bond acceptors (Lipinski definition) is 5. The van der Waals surface area contributed by atoms with Gasteiger partial charge in [0.05, 0.1) is 39.9 Å². The molecule has 0 heterocycles. The molecule has 474 valence electrons. The van der Waals surface area contributed by atoms with Crippen molar-refractivity contribution in [2.75, 3.05) is 40.9 Å². The molecule has 0 aromatic rings. The van der Waals surface area contributed by atoms with Crippen molar-refractivity contribution in [1.29, 1.82) is 0 Å². The highest BCUT2D eigenvalue weighted by Gasteiger charge is 2.28. The van der Waals surface area contributed by atoms with Gasteiger partial charge in [-0.05, 0) is 51.4 Å². The topological polar surface area (TPSA) is 105 Å². The predicted octanol–water partition coefficient (Wildman–Crippen LogP) is 22.4. The highest BCUT2D eigenvalue weighted by Crippen LogP contribution is 2.43. The van der Waals surface area contributed by atoms with Crippen LogP contribution in [0.5, 0.6) is 0 Å². The summed E-state index contributed by atoms with van der Waals surface area (Å²) in [7, 11) is 1.59. The maximum absolute atomic E-state index is 13.0. The Balaban J connectivity index is 3.96. The van der Waals surface area contributed by atoms with Crippen LogP contribution in [-0.2, 0) is 18.4 Å². The van der Waals surface area contributed by atoms with Gasteiger partial charge in [0.1, 0.15) is 13.2 Å². The molecule has 3 N–H and O–H groups in total. The predicted molar refractivity (Wildman–Crippen MR) is 351 cm³/mol. The summed E-state index contributed by atoms with van der Waals surface area (Å²) in [5, 5.41) is 14.0. The Labute approximate surface area is 499 Å². The maximum atomic E-state index is 13.0. The fourth-order valence-electron chi connectivity index (χ4n) is 10.8. The molecular weight excluding hydrogens is 1010 g/mol. The number of quaternary nitrogens is 1. The van der Waals surface area contributed by atoms with Gasteiger partial charge < -0.3 is 19.8 Å². The Bertz CT molecular complexity index is 1400. The van der Waals surface area contributed by atoms with Crippen LogP contribution >= 0.6 is 7.82 Å². The number of unbranched alkanes of at least 4 members (excludes halogenated alkanes) is 49. The molecule has 3 atom stereocenters. The number of aliphatic hydroxyl groups excluding tert-OH is 1. The second-order valence-electron chi connectivity index (χ2n) is 25.6. The Kier molecular flexibility index (Phi) is 61.3. The van der Waals surface area contributed by atoms with Crippen LogP contribution in [0.3, 0.4) is 0 Å². The van der Waals surface area contributed by atoms with Crippen molar-refractivity contribution in [3.05, 3.63) is 36.5 Å². The molecule has 0 aromatic carbocycles. The van der Waals surface area contributed by atoms with Gasteiger partial charge in [-0.25, -0.2) is 4.57 Å². The summed E-state index contributed by atoms with van der Waals surface area (Å²) < 4.78 is 23.8. The SMILES string of the molecule is CCCCCCC/C=C\C/C=C\CCCCCCCCCCCCCCCCCCCCCCCCCCCC(=O)NC(COP(=O)(O)OCC[N+](C)(C)C)C(O)/C=C/CCCCCCCCCCCCCCCCCCCCC. The molecule has 0 aliphatic heterocycles. The standard InChI is InChI=1S/C71H139N2O6P/c1-6-8-10-12-14-16-18-20-22-24-26-28-29-30-31-32-33-34-35-36-37-38-39-40-41-42-43-45-47-49-51-53-55-57-59-61-63-65-71(75)72-69(68-79-80(76,77)78-67-66-73(3,4)5)70(74)64-62-60-58-56-54-52-50-48-46-44-27-25-23-21-19-17-15-13-11-9-7-2/h18,20,24,26,62,64,69-70,74H,6-17,19,21-23,25,27-61,63,65-68H2,1-5H3,(H-,72,75,76,77)/p+1/b20-18-,26-24-,64-62+. The largest absolute Gasteiger partial charge is 0.472 e. The third-order valence-corrected chi connectivity index (χ3v) is 17.3. The third-order valence-electron chi connectivity index (χ3n) is 16.4. The number of nitrogens with one attached hydrogen (secondary N) is 1. The number of hydrogen-bond donors (Lipinski definition) is 3. The molecule has 0 saturated carbocycles. The lowest BCUT2D eigenvalue weighted by atomic mass is 10.0. The van der Waals surface area contributed by atoms with E-state index in [2.05, 4.69) is 43.5 Å². The summed E-state index contributed by atoms with van der Waals surface area (Å²) >= 11 is 0. The zero-order valence-corrected chi connectivity index (χ0v) is 55.2. The van der Waals surface area contributed by atoms with Gasteiger partial charge >= 0.3 is 7.82 Å². The minimum atomic E-state index is -4.35. The van der Waals surface area contributed by atoms with Gasteiger partial charge in [0.15, 0.2) is 0 Å². The summed E-state index contributed by atoms with van der Waals surface area (Å²) in [5.41, 5.74) is 0. The van der Waals surface area contributed by atoms with E-state index in [9.17, 15) is 19.4 Å². The lowest BCUT2D eigenvalue weighted by Crippen LogP contribution is -2.45. The number of phosphoric ester groups is 1. The van der Waals surface area contributed by atoms with Crippen LogP contribution in [-0.4, -0.2) is 73.4 Å². The Hall–Kier alpha value is -1.28. The molecule has 0 aliphatic rings. The zero-order valence-electron chi connectivity index (χ0n) is 54.3. The first-order valence-electron chi connectivity index (χ1n) is 35.4. The molecule has 0 radical (unpaired) electrons. The molecule has 3 unspecified atom stereocenters. The number of carbonyl (C=O) groups is 1. The van der Waals surface area contributed by atoms with Gasteiger partial charge in [-0.1, -0.05) is 339 Å². The summed E-state index contributed by atoms with van der Waals surface area (Å²) in [6, 6.07) is -0.845. The molecule has 0 fully saturated rings. The van der Waals surface area contributed by atoms with E-state index in [1.807, 2.05) is 27.2 Å². The molecule has 9 heteroatoms. The summed E-state index contributed by atoms with van der Waals surface area (Å²) in [4.78, 5) is 23.4. The fraction of sp³-hybridized carbons (Fsp3) is 0.901. The fourth-order valence-corrected chi connectivity index (χ4v) is 11.6. The van der Waals surface area contributed by atoms with Crippen LogP contribution in [0, 0.1) is 0 Å². The Morgan fingerprint density at radius 3 is 1.02 bits per heavy atom. The number of carbonyl (C=O) groups excluding carboxylic acids is 1. The molecule has 0 aliphatic carbocycles. The number of aliphatic hydroxyl groups is 1. The van der Waals surface area contributed by atoms with Crippen molar-refractivity contribution < 1.29 is 32.9 Å². The van der Waals surface area contributed by atoms with Gasteiger partial charge in [-0.15, -0.1) is 0 Å². The minimum Gasteiger partial charge on any atom is -0.387 e. The first-order chi connectivity index (χ1) is 39.0. The third kappa shape index (κ3) is 64.3. The van der Waals surface area contributed by atoms with Crippen molar-refractivity contribution in [3.63, 3.8) is 0 Å². The van der Waals surface area contributed by atoms with Crippen LogP contribution in [0.4, 0.5) is 0 Å². The lowest BCUT2D eigenvalue weighted by molar-refractivity contribution is -0.870. The number of allylic oxidation sites excluding steroid dienone is 5. The van der Waals surface area contributed by atoms with Gasteiger partial charge in [-0.3, -0.25) is 13.8 Å². The maximum Gasteiger partial charge on any atom is 0.472 e. The van der Waals surface area contributed by atoms with Gasteiger partial charge in [0.25, 0.3) is 0 Å². The first kappa shape index (κ1) is 78.7. The number of amides is 1. The highest BCUT2D eigenvalue weighted by molar-refractivity contribution is 7.47. The van der Waals surface area contributed by atoms with E-state index in [0.717, 1.165) is 38.5 Å². The van der Waals surface area contributed by atoms with Crippen LogP contribution < -0.4 is 5.32 Å². The second kappa shape index (κ2) is 62.3. The molecule has 80 heavy (non-hydrogen) atoms. The number of nitrogens with zero attached hydrogens (tertiary/aromatic N) is 1. The second-order valence-corrected chi connectivity index (χ2v) is 27.1. The normalized spacial score (nSPS) is 13.8. The molecule has 0 rings (SSSR count). The van der Waals surface area contributed by atoms with Crippen molar-refractivity contribution in [1.82, 2.24) is 5.32 Å².